The van der Waals surface area contributed by atoms with Gasteiger partial charge in [-0.1, -0.05) is 0 Å². The van der Waals surface area contributed by atoms with Gasteiger partial charge in [0.2, 0.25) is 0 Å². The summed E-state index contributed by atoms with van der Waals surface area (Å²) in [5.74, 6) is 0.241. The maximum absolute atomic E-state index is 12.3. The van der Waals surface area contributed by atoms with E-state index in [0.717, 1.165) is 19.5 Å². The van der Waals surface area contributed by atoms with Gasteiger partial charge >= 0.3 is 0 Å². The first kappa shape index (κ1) is 15.6. The highest BCUT2D eigenvalue weighted by atomic mass is 16.3. The van der Waals surface area contributed by atoms with E-state index in [4.69, 9.17) is 4.42 Å². The first-order chi connectivity index (χ1) is 11.0. The molecule has 0 spiro atoms. The van der Waals surface area contributed by atoms with Crippen LogP contribution in [0, 0.1) is 0 Å². The molecule has 0 bridgehead atoms. The Morgan fingerprint density at radius 2 is 2.22 bits per heavy atom. The Balaban J connectivity index is 1.70. The van der Waals surface area contributed by atoms with E-state index in [9.17, 15) is 9.59 Å². The number of rotatable bonds is 4. The molecule has 0 radical (unpaired) electrons. The molecule has 6 nitrogen and oxygen atoms in total. The van der Waals surface area contributed by atoms with Gasteiger partial charge in [0.15, 0.2) is 0 Å². The summed E-state index contributed by atoms with van der Waals surface area (Å²) < 4.78 is 5.24. The maximum Gasteiger partial charge on any atom is 0.261 e. The van der Waals surface area contributed by atoms with Crippen molar-refractivity contribution in [2.24, 2.45) is 0 Å². The highest BCUT2D eigenvalue weighted by Crippen LogP contribution is 2.16. The summed E-state index contributed by atoms with van der Waals surface area (Å²) in [4.78, 5) is 29.5. The second-order valence-corrected chi connectivity index (χ2v) is 6.14. The molecule has 23 heavy (non-hydrogen) atoms. The number of carbonyl (C=O) groups excluding carboxylic acids is 1. The van der Waals surface area contributed by atoms with Crippen molar-refractivity contribution >= 4 is 5.91 Å². The molecule has 1 fully saturated rings. The van der Waals surface area contributed by atoms with Crippen LogP contribution >= 0.6 is 0 Å². The van der Waals surface area contributed by atoms with Crippen LogP contribution in [0.15, 0.2) is 39.7 Å². The summed E-state index contributed by atoms with van der Waals surface area (Å²) in [7, 11) is 0. The molecule has 6 heteroatoms. The number of hydrogen-bond acceptors (Lipinski definition) is 4. The van der Waals surface area contributed by atoms with E-state index in [-0.39, 0.29) is 17.5 Å². The molecule has 1 atom stereocenters. The summed E-state index contributed by atoms with van der Waals surface area (Å²) in [6.07, 6.45) is 2.45. The standard InChI is InChI=1S/C17H21N3O3/c1-11(2)20-8-7-12(10-20)18-16(21)13-5-6-14(19-17(13)22)15-4-3-9-23-15/h3-6,9,11-12H,7-8,10H2,1-2H3,(H,18,21)(H,19,22)/t12-/m0/s1. The summed E-state index contributed by atoms with van der Waals surface area (Å²) in [5, 5.41) is 2.95. The van der Waals surface area contributed by atoms with E-state index < -0.39 is 5.56 Å². The van der Waals surface area contributed by atoms with Gasteiger partial charge in [-0.05, 0) is 44.5 Å². The molecule has 3 rings (SSSR count). The molecule has 2 aromatic heterocycles. The Labute approximate surface area is 134 Å². The number of H-pyrrole nitrogens is 1. The minimum absolute atomic E-state index is 0.0917. The van der Waals surface area contributed by atoms with Gasteiger partial charge in [0.1, 0.15) is 11.3 Å². The number of aromatic amines is 1. The summed E-state index contributed by atoms with van der Waals surface area (Å²) in [6.45, 7) is 6.08. The zero-order valence-corrected chi connectivity index (χ0v) is 13.3. The fourth-order valence-corrected chi connectivity index (χ4v) is 2.87. The fourth-order valence-electron chi connectivity index (χ4n) is 2.87. The third-order valence-corrected chi connectivity index (χ3v) is 4.23. The van der Waals surface area contributed by atoms with E-state index in [2.05, 4.69) is 29.0 Å². The average molecular weight is 315 g/mol. The Morgan fingerprint density at radius 1 is 1.39 bits per heavy atom. The van der Waals surface area contributed by atoms with E-state index in [1.54, 1.807) is 24.3 Å². The van der Waals surface area contributed by atoms with Crippen LogP contribution in [0.3, 0.4) is 0 Å². The van der Waals surface area contributed by atoms with Crippen molar-refractivity contribution in [3.05, 3.63) is 46.4 Å². The fraction of sp³-hybridized carbons (Fsp3) is 0.412. The van der Waals surface area contributed by atoms with Gasteiger partial charge < -0.3 is 14.7 Å². The Kier molecular flexibility index (Phi) is 4.34. The van der Waals surface area contributed by atoms with Crippen LogP contribution in [0.4, 0.5) is 0 Å². The van der Waals surface area contributed by atoms with Gasteiger partial charge in [0.05, 0.1) is 12.0 Å². The molecule has 122 valence electrons. The first-order valence-corrected chi connectivity index (χ1v) is 7.86. The number of likely N-dealkylation sites (tertiary alicyclic amines) is 1. The van der Waals surface area contributed by atoms with Crippen molar-refractivity contribution in [3.8, 4) is 11.5 Å². The van der Waals surface area contributed by atoms with Crippen LogP contribution in [0.2, 0.25) is 0 Å². The zero-order chi connectivity index (χ0) is 16.4. The summed E-state index contributed by atoms with van der Waals surface area (Å²) in [5.41, 5.74) is 0.279. The van der Waals surface area contributed by atoms with Crippen molar-refractivity contribution in [1.29, 1.82) is 0 Å². The van der Waals surface area contributed by atoms with Gasteiger partial charge in [0, 0.05) is 25.2 Å². The van der Waals surface area contributed by atoms with Crippen LogP contribution < -0.4 is 10.9 Å². The van der Waals surface area contributed by atoms with Crippen molar-refractivity contribution < 1.29 is 9.21 Å². The molecular formula is C17H21N3O3. The minimum Gasteiger partial charge on any atom is -0.463 e. The third-order valence-electron chi connectivity index (χ3n) is 4.23. The number of hydrogen-bond donors (Lipinski definition) is 2. The predicted molar refractivity (Wildman–Crippen MR) is 87.3 cm³/mol. The van der Waals surface area contributed by atoms with Gasteiger partial charge in [-0.15, -0.1) is 0 Å². The van der Waals surface area contributed by atoms with Crippen LogP contribution in [-0.2, 0) is 0 Å². The minimum atomic E-state index is -0.407. The zero-order valence-electron chi connectivity index (χ0n) is 13.3. The molecule has 0 saturated carbocycles. The molecule has 1 saturated heterocycles. The SMILES string of the molecule is CC(C)N1CC[C@H](NC(=O)c2ccc(-c3ccco3)[nH]c2=O)C1. The van der Waals surface area contributed by atoms with Crippen LogP contribution in [-0.4, -0.2) is 41.0 Å². The second kappa shape index (κ2) is 6.42. The largest absolute Gasteiger partial charge is 0.463 e. The van der Waals surface area contributed by atoms with Crippen molar-refractivity contribution in [1.82, 2.24) is 15.2 Å². The number of carbonyl (C=O) groups is 1. The molecule has 2 aromatic rings. The van der Waals surface area contributed by atoms with E-state index in [0.29, 0.717) is 17.5 Å². The number of aromatic nitrogens is 1. The lowest BCUT2D eigenvalue weighted by molar-refractivity contribution is 0.0935. The van der Waals surface area contributed by atoms with Crippen LogP contribution in [0.1, 0.15) is 30.6 Å². The van der Waals surface area contributed by atoms with Gasteiger partial charge in [-0.25, -0.2) is 0 Å². The topological polar surface area (TPSA) is 78.3 Å². The molecule has 1 aliphatic rings. The third kappa shape index (κ3) is 3.37. The smallest absolute Gasteiger partial charge is 0.261 e. The van der Waals surface area contributed by atoms with E-state index in [1.807, 2.05) is 0 Å². The van der Waals surface area contributed by atoms with E-state index in [1.165, 1.54) is 6.26 Å². The second-order valence-electron chi connectivity index (χ2n) is 6.14. The first-order valence-electron chi connectivity index (χ1n) is 7.86. The molecule has 0 aliphatic carbocycles. The summed E-state index contributed by atoms with van der Waals surface area (Å²) >= 11 is 0. The molecule has 1 amide bonds. The number of pyridine rings is 1. The Hall–Kier alpha value is -2.34. The molecule has 3 heterocycles. The number of nitrogens with zero attached hydrogens (tertiary/aromatic N) is 1. The lowest BCUT2D eigenvalue weighted by Gasteiger charge is -2.20. The molecule has 0 unspecified atom stereocenters. The highest BCUT2D eigenvalue weighted by molar-refractivity contribution is 5.94. The van der Waals surface area contributed by atoms with Gasteiger partial charge in [-0.3, -0.25) is 14.5 Å². The average Bonchev–Trinajstić information content (AvgIpc) is 3.18. The van der Waals surface area contributed by atoms with Crippen molar-refractivity contribution in [2.75, 3.05) is 13.1 Å². The highest BCUT2D eigenvalue weighted by Gasteiger charge is 2.26. The van der Waals surface area contributed by atoms with Crippen molar-refractivity contribution in [2.45, 2.75) is 32.4 Å². The molecule has 1 aliphatic heterocycles. The van der Waals surface area contributed by atoms with E-state index >= 15 is 0 Å². The maximum atomic E-state index is 12.3. The van der Waals surface area contributed by atoms with Crippen LogP contribution in [0.5, 0.6) is 0 Å². The normalized spacial score (nSPS) is 18.5. The quantitative estimate of drug-likeness (QED) is 0.902. The van der Waals surface area contributed by atoms with Crippen molar-refractivity contribution in [3.63, 3.8) is 0 Å². The van der Waals surface area contributed by atoms with Gasteiger partial charge in [0.25, 0.3) is 11.5 Å². The Bertz CT molecular complexity index is 734. The predicted octanol–water partition coefficient (Wildman–Crippen LogP) is 1.85. The number of nitrogens with one attached hydrogen (secondary N) is 2. The molecule has 0 aromatic carbocycles. The number of furan rings is 1. The summed E-state index contributed by atoms with van der Waals surface area (Å²) in [6, 6.07) is 7.28. The molecule has 2 N–H and O–H groups in total. The lowest BCUT2D eigenvalue weighted by Crippen LogP contribution is -2.40. The van der Waals surface area contributed by atoms with Gasteiger partial charge in [-0.2, -0.15) is 0 Å². The molecular weight excluding hydrogens is 294 g/mol. The monoisotopic (exact) mass is 315 g/mol. The lowest BCUT2D eigenvalue weighted by atomic mass is 10.2. The Morgan fingerprint density at radius 3 is 2.83 bits per heavy atom. The number of amides is 1. The van der Waals surface area contributed by atoms with Crippen LogP contribution in [0.25, 0.3) is 11.5 Å².